The van der Waals surface area contributed by atoms with Crippen molar-refractivity contribution >= 4 is 9.84 Å². The third-order valence-corrected chi connectivity index (χ3v) is 5.18. The summed E-state index contributed by atoms with van der Waals surface area (Å²) >= 11 is 0. The molecule has 0 radical (unpaired) electrons. The lowest BCUT2D eigenvalue weighted by atomic mass is 9.98. The maximum atomic E-state index is 11.6. The molecule has 0 bridgehead atoms. The fourth-order valence-electron chi connectivity index (χ4n) is 1.53. The van der Waals surface area contributed by atoms with Crippen LogP contribution in [0.2, 0.25) is 0 Å². The van der Waals surface area contributed by atoms with Crippen molar-refractivity contribution in [2.75, 3.05) is 27.0 Å². The third kappa shape index (κ3) is 4.09. The average Bonchev–Trinajstić information content (AvgIpc) is 2.10. The molecule has 1 atom stereocenters. The second-order valence-electron chi connectivity index (χ2n) is 4.35. The number of hydrogen-bond acceptors (Lipinski definition) is 4. The SMILES string of the molecule is CNC(CCCOC)C(C)(C)S(C)(=O)=O. The zero-order valence-electron chi connectivity index (χ0n) is 10.3. The standard InChI is InChI=1S/C10H23NO3S/c1-10(2,15(5,12)13)9(11-3)7-6-8-14-4/h9,11H,6-8H2,1-5H3. The Labute approximate surface area is 93.3 Å². The van der Waals surface area contributed by atoms with E-state index in [1.807, 2.05) is 0 Å². The zero-order chi connectivity index (χ0) is 12.1. The van der Waals surface area contributed by atoms with Crippen molar-refractivity contribution in [2.45, 2.75) is 37.5 Å². The van der Waals surface area contributed by atoms with Gasteiger partial charge in [-0.25, -0.2) is 8.42 Å². The van der Waals surface area contributed by atoms with Crippen LogP contribution in [-0.2, 0) is 14.6 Å². The molecule has 0 rings (SSSR count). The van der Waals surface area contributed by atoms with E-state index >= 15 is 0 Å². The van der Waals surface area contributed by atoms with E-state index in [9.17, 15) is 8.42 Å². The van der Waals surface area contributed by atoms with Crippen molar-refractivity contribution in [3.8, 4) is 0 Å². The van der Waals surface area contributed by atoms with Crippen molar-refractivity contribution in [1.82, 2.24) is 5.32 Å². The van der Waals surface area contributed by atoms with Crippen LogP contribution in [0.4, 0.5) is 0 Å². The van der Waals surface area contributed by atoms with Gasteiger partial charge in [-0.2, -0.15) is 0 Å². The van der Waals surface area contributed by atoms with Gasteiger partial charge in [-0.05, 0) is 33.7 Å². The van der Waals surface area contributed by atoms with Gasteiger partial charge in [-0.1, -0.05) is 0 Å². The number of hydrogen-bond donors (Lipinski definition) is 1. The van der Waals surface area contributed by atoms with Crippen molar-refractivity contribution in [2.24, 2.45) is 0 Å². The second-order valence-corrected chi connectivity index (χ2v) is 6.95. The highest BCUT2D eigenvalue weighted by atomic mass is 32.2. The smallest absolute Gasteiger partial charge is 0.154 e. The molecule has 15 heavy (non-hydrogen) atoms. The number of nitrogens with one attached hydrogen (secondary N) is 1. The monoisotopic (exact) mass is 237 g/mol. The van der Waals surface area contributed by atoms with Gasteiger partial charge in [0.25, 0.3) is 0 Å². The molecule has 5 heteroatoms. The Morgan fingerprint density at radius 2 is 1.93 bits per heavy atom. The maximum Gasteiger partial charge on any atom is 0.154 e. The molecular formula is C10H23NO3S. The molecule has 4 nitrogen and oxygen atoms in total. The highest BCUT2D eigenvalue weighted by molar-refractivity contribution is 7.92. The van der Waals surface area contributed by atoms with Crippen LogP contribution in [0.25, 0.3) is 0 Å². The van der Waals surface area contributed by atoms with Crippen molar-refractivity contribution in [3.05, 3.63) is 0 Å². The lowest BCUT2D eigenvalue weighted by molar-refractivity contribution is 0.187. The first kappa shape index (κ1) is 14.9. The van der Waals surface area contributed by atoms with Gasteiger partial charge in [-0.3, -0.25) is 0 Å². The first-order valence-corrected chi connectivity index (χ1v) is 7.02. The molecule has 0 spiro atoms. The van der Waals surface area contributed by atoms with Crippen molar-refractivity contribution in [3.63, 3.8) is 0 Å². The predicted molar refractivity (Wildman–Crippen MR) is 62.9 cm³/mol. The minimum Gasteiger partial charge on any atom is -0.385 e. The van der Waals surface area contributed by atoms with Crippen LogP contribution in [0.5, 0.6) is 0 Å². The Hall–Kier alpha value is -0.130. The van der Waals surface area contributed by atoms with E-state index in [4.69, 9.17) is 4.74 Å². The van der Waals surface area contributed by atoms with Crippen molar-refractivity contribution < 1.29 is 13.2 Å². The summed E-state index contributed by atoms with van der Waals surface area (Å²) in [7, 11) is 0.391. The minimum absolute atomic E-state index is 0.0392. The first-order chi connectivity index (χ1) is 6.77. The minimum atomic E-state index is -3.05. The summed E-state index contributed by atoms with van der Waals surface area (Å²) in [6.07, 6.45) is 2.94. The van der Waals surface area contributed by atoms with Crippen LogP contribution in [0.3, 0.4) is 0 Å². The van der Waals surface area contributed by atoms with Crippen LogP contribution in [-0.4, -0.2) is 46.2 Å². The average molecular weight is 237 g/mol. The molecule has 0 saturated carbocycles. The fourth-order valence-corrected chi connectivity index (χ4v) is 2.28. The Balaban J connectivity index is 4.52. The highest BCUT2D eigenvalue weighted by Crippen LogP contribution is 2.23. The van der Waals surface area contributed by atoms with Gasteiger partial charge in [0, 0.05) is 26.0 Å². The largest absolute Gasteiger partial charge is 0.385 e. The third-order valence-electron chi connectivity index (χ3n) is 2.98. The molecule has 0 saturated heterocycles. The van der Waals surface area contributed by atoms with E-state index in [1.54, 1.807) is 28.0 Å². The summed E-state index contributed by atoms with van der Waals surface area (Å²) < 4.78 is 27.4. The molecule has 92 valence electrons. The van der Waals surface area contributed by atoms with Gasteiger partial charge in [0.2, 0.25) is 0 Å². The van der Waals surface area contributed by atoms with Gasteiger partial charge in [0.15, 0.2) is 9.84 Å². The Morgan fingerprint density at radius 3 is 2.27 bits per heavy atom. The summed E-state index contributed by atoms with van der Waals surface area (Å²) in [5.41, 5.74) is 0. The van der Waals surface area contributed by atoms with Gasteiger partial charge < -0.3 is 10.1 Å². The maximum absolute atomic E-state index is 11.6. The molecule has 0 amide bonds. The molecular weight excluding hydrogens is 214 g/mol. The molecule has 1 unspecified atom stereocenters. The Kier molecular flexibility index (Phi) is 5.77. The summed E-state index contributed by atoms with van der Waals surface area (Å²) in [6.45, 7) is 4.19. The summed E-state index contributed by atoms with van der Waals surface area (Å²) in [4.78, 5) is 0. The molecule has 0 fully saturated rings. The summed E-state index contributed by atoms with van der Waals surface area (Å²) in [5, 5.41) is 3.07. The zero-order valence-corrected chi connectivity index (χ0v) is 11.1. The molecule has 1 N–H and O–H groups in total. The van der Waals surface area contributed by atoms with Gasteiger partial charge >= 0.3 is 0 Å². The normalized spacial score (nSPS) is 15.3. The van der Waals surface area contributed by atoms with Gasteiger partial charge in [0.05, 0.1) is 4.75 Å². The molecule has 0 aromatic rings. The molecule has 0 aromatic carbocycles. The molecule has 0 aliphatic rings. The van der Waals surface area contributed by atoms with E-state index in [2.05, 4.69) is 5.32 Å². The van der Waals surface area contributed by atoms with Crippen molar-refractivity contribution in [1.29, 1.82) is 0 Å². The van der Waals surface area contributed by atoms with E-state index in [0.717, 1.165) is 12.8 Å². The number of methoxy groups -OCH3 is 1. The summed E-state index contributed by atoms with van der Waals surface area (Å²) in [6, 6.07) is -0.0392. The van der Waals surface area contributed by atoms with Crippen LogP contribution in [0.15, 0.2) is 0 Å². The number of rotatable bonds is 7. The number of sulfone groups is 1. The summed E-state index contributed by atoms with van der Waals surface area (Å²) in [5.74, 6) is 0. The second kappa shape index (κ2) is 5.82. The van der Waals surface area contributed by atoms with Crippen LogP contribution >= 0.6 is 0 Å². The van der Waals surface area contributed by atoms with E-state index in [1.165, 1.54) is 6.26 Å². The Morgan fingerprint density at radius 1 is 1.40 bits per heavy atom. The fraction of sp³-hybridized carbons (Fsp3) is 1.00. The first-order valence-electron chi connectivity index (χ1n) is 5.13. The lowest BCUT2D eigenvalue weighted by Crippen LogP contribution is -2.50. The topological polar surface area (TPSA) is 55.4 Å². The predicted octanol–water partition coefficient (Wildman–Crippen LogP) is 0.824. The highest BCUT2D eigenvalue weighted by Gasteiger charge is 2.37. The van der Waals surface area contributed by atoms with Gasteiger partial charge in [0.1, 0.15) is 0 Å². The molecule has 0 heterocycles. The van der Waals surface area contributed by atoms with E-state index in [0.29, 0.717) is 6.61 Å². The molecule has 0 aliphatic carbocycles. The van der Waals surface area contributed by atoms with Gasteiger partial charge in [-0.15, -0.1) is 0 Å². The molecule has 0 aliphatic heterocycles. The van der Waals surface area contributed by atoms with Crippen LogP contribution < -0.4 is 5.32 Å². The van der Waals surface area contributed by atoms with E-state index < -0.39 is 14.6 Å². The van der Waals surface area contributed by atoms with Crippen LogP contribution in [0, 0.1) is 0 Å². The Bertz CT molecular complexity index is 272. The van der Waals surface area contributed by atoms with Crippen LogP contribution in [0.1, 0.15) is 26.7 Å². The number of ether oxygens (including phenoxy) is 1. The lowest BCUT2D eigenvalue weighted by Gasteiger charge is -2.32. The molecule has 0 aromatic heterocycles. The quantitative estimate of drug-likeness (QED) is 0.666. The van der Waals surface area contributed by atoms with E-state index in [-0.39, 0.29) is 6.04 Å².